The van der Waals surface area contributed by atoms with E-state index in [9.17, 15) is 9.18 Å². The number of nitrogens with two attached hydrogens (primary N) is 1. The zero-order chi connectivity index (χ0) is 26.4. The van der Waals surface area contributed by atoms with E-state index in [1.165, 1.54) is 23.5 Å². The van der Waals surface area contributed by atoms with E-state index in [0.717, 1.165) is 38.8 Å². The fourth-order valence-corrected chi connectivity index (χ4v) is 5.04. The van der Waals surface area contributed by atoms with Gasteiger partial charge in [-0.3, -0.25) is 7.86 Å². The minimum Gasteiger partial charge on any atom is -0.490 e. The van der Waals surface area contributed by atoms with Gasteiger partial charge in [-0.05, 0) is 37.3 Å². The average Bonchev–Trinajstić information content (AvgIpc) is 3.48. The largest absolute Gasteiger partial charge is 0.490 e. The maximum atomic E-state index is 13.4. The lowest BCUT2D eigenvalue weighted by molar-refractivity contribution is 0.0957. The maximum Gasteiger partial charge on any atom is 0.263 e. The van der Waals surface area contributed by atoms with Crippen LogP contribution in [0.25, 0.3) is 21.8 Å². The average molecular weight is 632 g/mol. The van der Waals surface area contributed by atoms with Gasteiger partial charge in [-0.2, -0.15) is 0 Å². The number of hydrogen-bond donors (Lipinski definition) is 2. The van der Waals surface area contributed by atoms with Gasteiger partial charge in [-0.15, -0.1) is 11.3 Å². The molecule has 1 aliphatic heterocycles. The summed E-state index contributed by atoms with van der Waals surface area (Å²) in [6.07, 6.45) is 0.573. The zero-order valence-corrected chi connectivity index (χ0v) is 23.3. The molecule has 0 saturated carbocycles. The Morgan fingerprint density at radius 2 is 1.86 bits per heavy atom. The van der Waals surface area contributed by atoms with Crippen LogP contribution in [0.1, 0.15) is 39.5 Å². The molecule has 5 rings (SSSR count). The van der Waals surface area contributed by atoms with Crippen molar-refractivity contribution in [1.82, 2.24) is 15.3 Å². The van der Waals surface area contributed by atoms with Gasteiger partial charge in [0.2, 0.25) is 21.5 Å². The van der Waals surface area contributed by atoms with E-state index in [1.54, 1.807) is 12.1 Å². The molecule has 37 heavy (non-hydrogen) atoms. The van der Waals surface area contributed by atoms with Crippen molar-refractivity contribution in [3.8, 4) is 27.6 Å². The van der Waals surface area contributed by atoms with Crippen LogP contribution in [0, 0.1) is 12.7 Å². The Morgan fingerprint density at radius 3 is 2.57 bits per heavy atom. The van der Waals surface area contributed by atoms with Crippen molar-refractivity contribution in [1.29, 1.82) is 0 Å². The number of carbonyl (C=O) groups excluding carboxylic acids is 1. The quantitative estimate of drug-likeness (QED) is 0.201. The normalized spacial score (nSPS) is 13.8. The molecule has 2 aromatic heterocycles. The molecule has 0 radical (unpaired) electrons. The summed E-state index contributed by atoms with van der Waals surface area (Å²) in [5.41, 5.74) is 5.21. The highest BCUT2D eigenvalue weighted by atomic mass is 127. The predicted molar refractivity (Wildman–Crippen MR) is 151 cm³/mol. The summed E-state index contributed by atoms with van der Waals surface area (Å²) in [4.78, 5) is 22.8. The van der Waals surface area contributed by atoms with Crippen LogP contribution in [0.5, 0.6) is 5.75 Å². The van der Waals surface area contributed by atoms with Crippen molar-refractivity contribution in [2.24, 2.45) is 3.95 Å². The number of aromatic nitrogens is 2. The highest BCUT2D eigenvalue weighted by Crippen LogP contribution is 2.41. The molecule has 1 unspecified atom stereocenters. The molecule has 0 spiro atoms. The summed E-state index contributed by atoms with van der Waals surface area (Å²) < 4.78 is 32.6. The lowest BCUT2D eigenvalue weighted by Gasteiger charge is -2.12. The van der Waals surface area contributed by atoms with Crippen molar-refractivity contribution in [3.05, 3.63) is 88.3 Å². The van der Waals surface area contributed by atoms with Crippen LogP contribution >= 0.6 is 32.8 Å². The SMILES string of the molecule is Cc1nc(-c2ccccc2)sc1C(=O)NCCc1cc2c(c(-c3ccc(F)cc3)n1)OCC2C.NI=O. The predicted octanol–water partition coefficient (Wildman–Crippen LogP) is 5.96. The van der Waals surface area contributed by atoms with Crippen molar-refractivity contribution in [2.75, 3.05) is 13.2 Å². The number of carbonyl (C=O) groups is 1. The topological polar surface area (TPSA) is 107 Å². The highest BCUT2D eigenvalue weighted by molar-refractivity contribution is 14.1. The van der Waals surface area contributed by atoms with Gasteiger partial charge >= 0.3 is 0 Å². The Balaban J connectivity index is 0.00000102. The Labute approximate surface area is 229 Å². The maximum absolute atomic E-state index is 13.4. The molecule has 1 aliphatic rings. The Morgan fingerprint density at radius 1 is 1.16 bits per heavy atom. The van der Waals surface area contributed by atoms with Crippen LogP contribution in [0.15, 0.2) is 60.7 Å². The first-order chi connectivity index (χ1) is 17.9. The molecule has 0 aliphatic carbocycles. The van der Waals surface area contributed by atoms with E-state index in [0.29, 0.717) is 30.1 Å². The number of ether oxygens (including phenoxy) is 1. The lowest BCUT2D eigenvalue weighted by atomic mass is 9.99. The monoisotopic (exact) mass is 632 g/mol. The van der Waals surface area contributed by atoms with Gasteiger partial charge in [0.1, 0.15) is 27.1 Å². The first-order valence-electron chi connectivity index (χ1n) is 11.6. The molecule has 7 nitrogen and oxygen atoms in total. The van der Waals surface area contributed by atoms with E-state index in [2.05, 4.69) is 27.2 Å². The summed E-state index contributed by atoms with van der Waals surface area (Å²) in [7, 11) is 0. The Hall–Kier alpha value is -3.09. The molecule has 4 aromatic rings. The molecule has 3 N–H and O–H groups in total. The minimum absolute atomic E-state index is 0.131. The fourth-order valence-electron chi connectivity index (χ4n) is 4.05. The van der Waals surface area contributed by atoms with Gasteiger partial charge in [-0.25, -0.2) is 18.3 Å². The molecule has 1 amide bonds. The number of rotatable bonds is 6. The molecule has 0 bridgehead atoms. The molecule has 0 saturated heterocycles. The Kier molecular flexibility index (Phi) is 9.06. The minimum atomic E-state index is -1.16. The van der Waals surface area contributed by atoms with Gasteiger partial charge in [0.05, 0.1) is 12.3 Å². The molecule has 2 aromatic carbocycles. The molecular weight excluding hydrogens is 606 g/mol. The smallest absolute Gasteiger partial charge is 0.263 e. The van der Waals surface area contributed by atoms with E-state index >= 15 is 0 Å². The third-order valence-corrected chi connectivity index (χ3v) is 7.08. The first-order valence-corrected chi connectivity index (χ1v) is 14.5. The summed E-state index contributed by atoms with van der Waals surface area (Å²) in [5, 5.41) is 3.84. The number of benzene rings is 2. The van der Waals surface area contributed by atoms with E-state index in [1.807, 2.05) is 37.3 Å². The number of nitrogens with zero attached hydrogens (tertiary/aromatic N) is 2. The van der Waals surface area contributed by atoms with Crippen molar-refractivity contribution in [2.45, 2.75) is 26.2 Å². The van der Waals surface area contributed by atoms with Crippen LogP contribution in [0.4, 0.5) is 4.39 Å². The molecule has 3 heterocycles. The van der Waals surface area contributed by atoms with Crippen molar-refractivity contribution in [3.63, 3.8) is 0 Å². The second-order valence-electron chi connectivity index (χ2n) is 8.49. The van der Waals surface area contributed by atoms with Crippen LogP contribution in [-0.2, 0) is 9.49 Å². The van der Waals surface area contributed by atoms with Gasteiger partial charge in [0.15, 0.2) is 0 Å². The molecule has 10 heteroatoms. The van der Waals surface area contributed by atoms with Crippen LogP contribution in [-0.4, -0.2) is 29.0 Å². The van der Waals surface area contributed by atoms with Crippen molar-refractivity contribution < 1.29 is 17.0 Å². The molecular formula is C27H26FIN4O3S. The van der Waals surface area contributed by atoms with Crippen LogP contribution in [0.2, 0.25) is 0 Å². The van der Waals surface area contributed by atoms with Crippen molar-refractivity contribution >= 4 is 38.7 Å². The zero-order valence-electron chi connectivity index (χ0n) is 20.3. The second-order valence-corrected chi connectivity index (χ2v) is 10.0. The van der Waals surface area contributed by atoms with Gasteiger partial charge in [0, 0.05) is 41.3 Å². The molecule has 1 atom stereocenters. The van der Waals surface area contributed by atoms with Crippen LogP contribution in [0.3, 0.4) is 0 Å². The fraction of sp³-hybridized carbons (Fsp3) is 0.222. The number of amides is 1. The molecule has 0 fully saturated rings. The van der Waals surface area contributed by atoms with E-state index in [-0.39, 0.29) is 17.6 Å². The van der Waals surface area contributed by atoms with Gasteiger partial charge < -0.3 is 10.1 Å². The molecule has 192 valence electrons. The number of halogens is 2. The summed E-state index contributed by atoms with van der Waals surface area (Å²) >= 11 is 0.238. The first kappa shape index (κ1) is 27.0. The van der Waals surface area contributed by atoms with Gasteiger partial charge in [-0.1, -0.05) is 37.3 Å². The number of aryl methyl sites for hydroxylation is 1. The second kappa shape index (κ2) is 12.4. The summed E-state index contributed by atoms with van der Waals surface area (Å²) in [6.45, 7) is 5.01. The summed E-state index contributed by atoms with van der Waals surface area (Å²) in [6, 6.07) is 18.2. The van der Waals surface area contributed by atoms with Crippen LogP contribution < -0.4 is 14.0 Å². The highest BCUT2D eigenvalue weighted by Gasteiger charge is 2.26. The number of hydrogen-bond acceptors (Lipinski definition) is 6. The standard InChI is InChI=1S/C27H24FN3O2S.H2INO/c1-16-15-33-24-22(16)14-21(31-23(24)18-8-10-20(28)11-9-18)12-13-29-26(32)25-17(2)30-27(34-25)19-6-4-3-5-7-19;2-1-3/h3-11,14,16H,12-13,15H2,1-2H3,(H,29,32);(H2,2,3). The Bertz CT molecular complexity index is 1400. The number of thiazole rings is 1. The van der Waals surface area contributed by atoms with E-state index < -0.39 is 21.5 Å². The summed E-state index contributed by atoms with van der Waals surface area (Å²) in [5.74, 6) is 0.596. The van der Waals surface area contributed by atoms with E-state index in [4.69, 9.17) is 12.8 Å². The number of fused-ring (bicyclic) bond motifs is 1. The lowest BCUT2D eigenvalue weighted by Crippen LogP contribution is -2.25. The van der Waals surface area contributed by atoms with Gasteiger partial charge in [0.25, 0.3) is 5.91 Å². The third kappa shape index (κ3) is 6.43. The number of nitrogens with one attached hydrogen (secondary N) is 1. The third-order valence-electron chi connectivity index (χ3n) is 5.87. The number of pyridine rings is 1.